The van der Waals surface area contributed by atoms with Crippen molar-refractivity contribution in [3.63, 3.8) is 0 Å². The van der Waals surface area contributed by atoms with Gasteiger partial charge in [-0.1, -0.05) is 87.1 Å². The Morgan fingerprint density at radius 2 is 0.950 bits per heavy atom. The summed E-state index contributed by atoms with van der Waals surface area (Å²) in [6.07, 6.45) is 15.1. The number of amides is 2. The van der Waals surface area contributed by atoms with Crippen molar-refractivity contribution in [3.05, 3.63) is 70.8 Å². The molecule has 0 spiro atoms. The first-order valence-electron chi connectivity index (χ1n) is 15.4. The van der Waals surface area contributed by atoms with E-state index >= 15 is 0 Å². The molecule has 2 aromatic rings. The van der Waals surface area contributed by atoms with Gasteiger partial charge < -0.3 is 0 Å². The van der Waals surface area contributed by atoms with Crippen LogP contribution in [0.25, 0.3) is 0 Å². The van der Waals surface area contributed by atoms with E-state index in [1.807, 2.05) is 13.8 Å². The number of carbonyl (C=O) groups is 2. The van der Waals surface area contributed by atoms with Crippen LogP contribution in [0.5, 0.6) is 0 Å². The van der Waals surface area contributed by atoms with Gasteiger partial charge in [0.2, 0.25) is 11.8 Å². The maximum Gasteiger partial charge on any atom is 0.240 e. The molecule has 0 aromatic heterocycles. The standard InChI is InChI=1S/C34H46N4O2/c1-25(27-17-21-31(22-18-27)29-11-5-3-6-12-29)35-37-33(39)15-9-10-16-34(40)38-36-26(2)28-19-23-32(24-20-28)30-13-7-4-8-14-30/h17-24,29-30H,3-16H2,1-2H3,(H,37,39)(H,38,40). The minimum Gasteiger partial charge on any atom is -0.273 e. The van der Waals surface area contributed by atoms with E-state index in [1.165, 1.54) is 75.3 Å². The molecule has 0 heterocycles. The first-order valence-corrected chi connectivity index (χ1v) is 15.4. The Morgan fingerprint density at radius 1 is 0.600 bits per heavy atom. The number of hydrogen-bond acceptors (Lipinski definition) is 4. The second-order valence-corrected chi connectivity index (χ2v) is 11.6. The molecular weight excluding hydrogens is 496 g/mol. The predicted molar refractivity (Wildman–Crippen MR) is 164 cm³/mol. The fraction of sp³-hybridized carbons (Fsp3) is 0.529. The summed E-state index contributed by atoms with van der Waals surface area (Å²) in [6.45, 7) is 3.82. The summed E-state index contributed by atoms with van der Waals surface area (Å²) in [5, 5.41) is 8.56. The average Bonchev–Trinajstić information content (AvgIpc) is 3.01. The van der Waals surface area contributed by atoms with Crippen LogP contribution in [-0.4, -0.2) is 23.2 Å². The number of rotatable bonds is 11. The molecule has 0 bridgehead atoms. The fourth-order valence-electron chi connectivity index (χ4n) is 5.97. The number of benzene rings is 2. The molecule has 2 saturated carbocycles. The third kappa shape index (κ3) is 9.14. The highest BCUT2D eigenvalue weighted by Crippen LogP contribution is 2.33. The molecule has 0 saturated heterocycles. The number of nitrogens with one attached hydrogen (secondary N) is 2. The van der Waals surface area contributed by atoms with Crippen LogP contribution in [0.1, 0.15) is 138 Å². The number of unbranched alkanes of at least 4 members (excludes halogenated alkanes) is 1. The highest BCUT2D eigenvalue weighted by atomic mass is 16.2. The van der Waals surface area contributed by atoms with Crippen LogP contribution >= 0.6 is 0 Å². The Labute approximate surface area is 240 Å². The molecule has 214 valence electrons. The molecule has 4 rings (SSSR count). The zero-order chi connectivity index (χ0) is 28.2. The zero-order valence-corrected chi connectivity index (χ0v) is 24.4. The topological polar surface area (TPSA) is 82.9 Å². The molecule has 40 heavy (non-hydrogen) atoms. The Hall–Kier alpha value is -3.28. The summed E-state index contributed by atoms with van der Waals surface area (Å²) in [5.41, 5.74) is 11.8. The van der Waals surface area contributed by atoms with E-state index < -0.39 is 0 Å². The maximum atomic E-state index is 12.2. The molecule has 0 aliphatic heterocycles. The molecule has 0 radical (unpaired) electrons. The maximum absolute atomic E-state index is 12.2. The van der Waals surface area contributed by atoms with Crippen molar-refractivity contribution in [2.45, 2.75) is 116 Å². The van der Waals surface area contributed by atoms with Crippen LogP contribution in [0.4, 0.5) is 0 Å². The quantitative estimate of drug-likeness (QED) is 0.173. The SMILES string of the molecule is CC(=NNC(=O)CCCCC(=O)NN=C(C)c1ccc(C2CCCCC2)cc1)c1ccc(C2CCCCC2)cc1. The summed E-state index contributed by atoms with van der Waals surface area (Å²) < 4.78 is 0. The van der Waals surface area contributed by atoms with Crippen molar-refractivity contribution in [3.8, 4) is 0 Å². The van der Waals surface area contributed by atoms with Gasteiger partial charge in [-0.05, 0) is 86.5 Å². The van der Waals surface area contributed by atoms with Crippen molar-refractivity contribution in [2.75, 3.05) is 0 Å². The summed E-state index contributed by atoms with van der Waals surface area (Å²) in [6, 6.07) is 17.2. The van der Waals surface area contributed by atoms with E-state index in [1.54, 1.807) is 0 Å². The van der Waals surface area contributed by atoms with E-state index in [0.717, 1.165) is 22.6 Å². The van der Waals surface area contributed by atoms with Gasteiger partial charge in [0.1, 0.15) is 0 Å². The lowest BCUT2D eigenvalue weighted by atomic mass is 9.84. The molecule has 0 atom stereocenters. The van der Waals surface area contributed by atoms with Crippen LogP contribution in [-0.2, 0) is 9.59 Å². The van der Waals surface area contributed by atoms with E-state index in [0.29, 0.717) is 37.5 Å². The Kier molecular flexibility index (Phi) is 11.5. The lowest BCUT2D eigenvalue weighted by Crippen LogP contribution is -2.20. The molecular formula is C34H46N4O2. The second kappa shape index (κ2) is 15.5. The minimum atomic E-state index is -0.135. The van der Waals surface area contributed by atoms with Crippen LogP contribution in [0, 0.1) is 0 Å². The van der Waals surface area contributed by atoms with Crippen molar-refractivity contribution in [1.29, 1.82) is 0 Å². The lowest BCUT2D eigenvalue weighted by molar-refractivity contribution is -0.123. The molecule has 2 aliphatic rings. The first-order chi connectivity index (χ1) is 19.5. The zero-order valence-electron chi connectivity index (χ0n) is 24.4. The number of nitrogens with zero attached hydrogens (tertiary/aromatic N) is 2. The van der Waals surface area contributed by atoms with Gasteiger partial charge >= 0.3 is 0 Å². The average molecular weight is 543 g/mol. The normalized spacial score (nSPS) is 17.4. The van der Waals surface area contributed by atoms with Crippen LogP contribution in [0.2, 0.25) is 0 Å². The third-order valence-electron chi connectivity index (χ3n) is 8.56. The Morgan fingerprint density at radius 3 is 1.30 bits per heavy atom. The Bertz CT molecular complexity index is 1060. The largest absolute Gasteiger partial charge is 0.273 e. The van der Waals surface area contributed by atoms with Gasteiger partial charge in [0, 0.05) is 12.8 Å². The molecule has 2 fully saturated rings. The van der Waals surface area contributed by atoms with Gasteiger partial charge in [-0.15, -0.1) is 0 Å². The molecule has 2 aliphatic carbocycles. The van der Waals surface area contributed by atoms with Gasteiger partial charge in [0.15, 0.2) is 0 Å². The van der Waals surface area contributed by atoms with Crippen molar-refractivity contribution in [2.24, 2.45) is 10.2 Å². The van der Waals surface area contributed by atoms with E-state index in [9.17, 15) is 9.59 Å². The van der Waals surface area contributed by atoms with Gasteiger partial charge in [-0.25, -0.2) is 10.9 Å². The van der Waals surface area contributed by atoms with Crippen molar-refractivity contribution in [1.82, 2.24) is 10.9 Å². The van der Waals surface area contributed by atoms with Gasteiger partial charge in [-0.2, -0.15) is 10.2 Å². The summed E-state index contributed by atoms with van der Waals surface area (Å²) in [7, 11) is 0. The van der Waals surface area contributed by atoms with Crippen molar-refractivity contribution < 1.29 is 9.59 Å². The van der Waals surface area contributed by atoms with E-state index in [-0.39, 0.29) is 11.8 Å². The minimum absolute atomic E-state index is 0.135. The molecule has 2 N–H and O–H groups in total. The molecule has 2 aromatic carbocycles. The fourth-order valence-corrected chi connectivity index (χ4v) is 5.97. The predicted octanol–water partition coefficient (Wildman–Crippen LogP) is 7.72. The highest BCUT2D eigenvalue weighted by Gasteiger charge is 2.16. The number of hydrazone groups is 2. The highest BCUT2D eigenvalue weighted by molar-refractivity contribution is 5.99. The third-order valence-corrected chi connectivity index (χ3v) is 8.56. The smallest absolute Gasteiger partial charge is 0.240 e. The summed E-state index contributed by atoms with van der Waals surface area (Å²) >= 11 is 0. The summed E-state index contributed by atoms with van der Waals surface area (Å²) in [5.74, 6) is 1.09. The van der Waals surface area contributed by atoms with Gasteiger partial charge in [-0.3, -0.25) is 9.59 Å². The van der Waals surface area contributed by atoms with Crippen LogP contribution < -0.4 is 10.9 Å². The monoisotopic (exact) mass is 542 g/mol. The molecule has 6 nitrogen and oxygen atoms in total. The molecule has 2 amide bonds. The van der Waals surface area contributed by atoms with Gasteiger partial charge in [0.05, 0.1) is 11.4 Å². The van der Waals surface area contributed by atoms with Gasteiger partial charge in [0.25, 0.3) is 0 Å². The number of hydrogen-bond donors (Lipinski definition) is 2. The number of carbonyl (C=O) groups excluding carboxylic acids is 2. The molecule has 0 unspecified atom stereocenters. The first kappa shape index (κ1) is 29.7. The molecule has 6 heteroatoms. The summed E-state index contributed by atoms with van der Waals surface area (Å²) in [4.78, 5) is 24.5. The van der Waals surface area contributed by atoms with E-state index in [4.69, 9.17) is 0 Å². The van der Waals surface area contributed by atoms with Crippen molar-refractivity contribution >= 4 is 23.2 Å². The van der Waals surface area contributed by atoms with Crippen LogP contribution in [0.3, 0.4) is 0 Å². The van der Waals surface area contributed by atoms with Crippen LogP contribution in [0.15, 0.2) is 58.7 Å². The Balaban J connectivity index is 1.12. The second-order valence-electron chi connectivity index (χ2n) is 11.6. The lowest BCUT2D eigenvalue weighted by Gasteiger charge is -2.22. The van der Waals surface area contributed by atoms with E-state index in [2.05, 4.69) is 69.6 Å².